The fourth-order valence-corrected chi connectivity index (χ4v) is 1.14. The molecule has 0 spiro atoms. The lowest BCUT2D eigenvalue weighted by molar-refractivity contribution is 0.0690. The monoisotopic (exact) mass is 179 g/mol. The molecule has 1 heterocycles. The Bertz CT molecular complexity index is 332. The zero-order valence-corrected chi connectivity index (χ0v) is 8.03. The van der Waals surface area contributed by atoms with Gasteiger partial charge in [-0.15, -0.1) is 0 Å². The highest BCUT2D eigenvalue weighted by Gasteiger charge is 2.08. The second-order valence-corrected chi connectivity index (χ2v) is 3.39. The van der Waals surface area contributed by atoms with Gasteiger partial charge in [0.25, 0.3) is 0 Å². The molecular weight excluding hydrogens is 166 g/mol. The van der Waals surface area contributed by atoms with Gasteiger partial charge in [-0.05, 0) is 30.5 Å². The third kappa shape index (κ3) is 2.28. The van der Waals surface area contributed by atoms with Crippen LogP contribution >= 0.6 is 0 Å². The van der Waals surface area contributed by atoms with Gasteiger partial charge in [0.2, 0.25) is 0 Å². The molecule has 13 heavy (non-hydrogen) atoms. The molecule has 0 aliphatic carbocycles. The smallest absolute Gasteiger partial charge is 0.354 e. The molecule has 0 fully saturated rings. The van der Waals surface area contributed by atoms with E-state index in [9.17, 15) is 4.79 Å². The van der Waals surface area contributed by atoms with Crippen LogP contribution in [-0.2, 0) is 0 Å². The molecule has 1 rings (SSSR count). The van der Waals surface area contributed by atoms with Gasteiger partial charge in [0.05, 0.1) is 0 Å². The molecule has 0 radical (unpaired) electrons. The van der Waals surface area contributed by atoms with Crippen LogP contribution in [0.4, 0.5) is 0 Å². The number of hydrogen-bond acceptors (Lipinski definition) is 2. The van der Waals surface area contributed by atoms with Crippen molar-refractivity contribution in [1.82, 2.24) is 4.98 Å². The van der Waals surface area contributed by atoms with E-state index >= 15 is 0 Å². The molecule has 0 saturated carbocycles. The number of carboxylic acids is 1. The largest absolute Gasteiger partial charge is 0.477 e. The maximum Gasteiger partial charge on any atom is 0.354 e. The molecule has 0 bridgehead atoms. The first-order chi connectivity index (χ1) is 6.00. The number of carbonyl (C=O) groups is 1. The lowest BCUT2D eigenvalue weighted by atomic mass is 10.0. The first-order valence-corrected chi connectivity index (χ1v) is 4.22. The molecule has 0 aliphatic heterocycles. The van der Waals surface area contributed by atoms with Crippen molar-refractivity contribution in [3.8, 4) is 0 Å². The highest BCUT2D eigenvalue weighted by molar-refractivity contribution is 5.85. The molecule has 1 aromatic heterocycles. The standard InChI is InChI=1S/C10H13NO2/c1-6(2)8-4-7(3)11-9(5-8)10(12)13/h4-6H,1-3H3,(H,12,13). The van der Waals surface area contributed by atoms with Crippen molar-refractivity contribution >= 4 is 5.97 Å². The number of aryl methyl sites for hydroxylation is 1. The quantitative estimate of drug-likeness (QED) is 0.757. The van der Waals surface area contributed by atoms with E-state index in [1.54, 1.807) is 13.0 Å². The predicted octanol–water partition coefficient (Wildman–Crippen LogP) is 2.21. The van der Waals surface area contributed by atoms with Gasteiger partial charge in [-0.1, -0.05) is 13.8 Å². The maximum atomic E-state index is 10.7. The molecule has 0 unspecified atom stereocenters. The van der Waals surface area contributed by atoms with Gasteiger partial charge in [-0.2, -0.15) is 0 Å². The zero-order chi connectivity index (χ0) is 10.0. The Balaban J connectivity index is 3.19. The minimum atomic E-state index is -0.967. The number of aromatic carboxylic acids is 1. The number of aromatic nitrogens is 1. The minimum absolute atomic E-state index is 0.128. The lowest BCUT2D eigenvalue weighted by Crippen LogP contribution is -2.03. The molecule has 1 N–H and O–H groups in total. The topological polar surface area (TPSA) is 50.2 Å². The summed E-state index contributed by atoms with van der Waals surface area (Å²) in [6.07, 6.45) is 0. The molecule has 3 heteroatoms. The molecule has 0 atom stereocenters. The van der Waals surface area contributed by atoms with E-state index in [1.165, 1.54) is 0 Å². The van der Waals surface area contributed by atoms with Crippen molar-refractivity contribution in [1.29, 1.82) is 0 Å². The predicted molar refractivity (Wildman–Crippen MR) is 50.0 cm³/mol. The van der Waals surface area contributed by atoms with Crippen molar-refractivity contribution in [2.24, 2.45) is 0 Å². The summed E-state index contributed by atoms with van der Waals surface area (Å²) in [5.74, 6) is -0.634. The third-order valence-corrected chi connectivity index (χ3v) is 1.86. The second-order valence-electron chi connectivity index (χ2n) is 3.39. The second kappa shape index (κ2) is 3.56. The summed E-state index contributed by atoms with van der Waals surface area (Å²) in [6, 6.07) is 3.54. The Labute approximate surface area is 77.4 Å². The van der Waals surface area contributed by atoms with Crippen molar-refractivity contribution < 1.29 is 9.90 Å². The average Bonchev–Trinajstić information content (AvgIpc) is 2.03. The normalized spacial score (nSPS) is 10.5. The van der Waals surface area contributed by atoms with E-state index in [0.717, 1.165) is 11.3 Å². The first-order valence-electron chi connectivity index (χ1n) is 4.22. The molecule has 70 valence electrons. The Hall–Kier alpha value is -1.38. The van der Waals surface area contributed by atoms with Crippen LogP contribution in [0.5, 0.6) is 0 Å². The first kappa shape index (κ1) is 9.71. The summed E-state index contributed by atoms with van der Waals surface area (Å²) in [4.78, 5) is 14.6. The van der Waals surface area contributed by atoms with Gasteiger partial charge in [0.15, 0.2) is 0 Å². The number of nitrogens with zero attached hydrogens (tertiary/aromatic N) is 1. The number of hydrogen-bond donors (Lipinski definition) is 1. The summed E-state index contributed by atoms with van der Waals surface area (Å²) in [7, 11) is 0. The summed E-state index contributed by atoms with van der Waals surface area (Å²) < 4.78 is 0. The van der Waals surface area contributed by atoms with Crippen LogP contribution in [0.2, 0.25) is 0 Å². The van der Waals surface area contributed by atoms with Crippen LogP contribution in [0.25, 0.3) is 0 Å². The van der Waals surface area contributed by atoms with Crippen molar-refractivity contribution in [3.63, 3.8) is 0 Å². The molecule has 3 nitrogen and oxygen atoms in total. The van der Waals surface area contributed by atoms with Gasteiger partial charge in [0.1, 0.15) is 5.69 Å². The van der Waals surface area contributed by atoms with Crippen LogP contribution in [0.15, 0.2) is 12.1 Å². The highest BCUT2D eigenvalue weighted by Crippen LogP contribution is 2.15. The molecule has 0 aliphatic rings. The average molecular weight is 179 g/mol. The van der Waals surface area contributed by atoms with E-state index < -0.39 is 5.97 Å². The Kier molecular flexibility index (Phi) is 2.66. The van der Waals surface area contributed by atoms with Gasteiger partial charge in [0, 0.05) is 5.69 Å². The Morgan fingerprint density at radius 3 is 2.54 bits per heavy atom. The summed E-state index contributed by atoms with van der Waals surface area (Å²) in [6.45, 7) is 5.86. The number of pyridine rings is 1. The zero-order valence-electron chi connectivity index (χ0n) is 8.03. The molecule has 0 amide bonds. The van der Waals surface area contributed by atoms with E-state index in [4.69, 9.17) is 5.11 Å². The maximum absolute atomic E-state index is 10.7. The summed E-state index contributed by atoms with van der Waals surface area (Å²) in [5, 5.41) is 8.75. The molecule has 0 aromatic carbocycles. The summed E-state index contributed by atoms with van der Waals surface area (Å²) in [5.41, 5.74) is 1.90. The molecular formula is C10H13NO2. The van der Waals surface area contributed by atoms with E-state index in [0.29, 0.717) is 5.92 Å². The lowest BCUT2D eigenvalue weighted by Gasteiger charge is -2.06. The third-order valence-electron chi connectivity index (χ3n) is 1.86. The summed E-state index contributed by atoms with van der Waals surface area (Å²) >= 11 is 0. The fraction of sp³-hybridized carbons (Fsp3) is 0.400. The van der Waals surface area contributed by atoms with Crippen molar-refractivity contribution in [2.45, 2.75) is 26.7 Å². The van der Waals surface area contributed by atoms with E-state index in [2.05, 4.69) is 4.98 Å². The van der Waals surface area contributed by atoms with Gasteiger partial charge >= 0.3 is 5.97 Å². The van der Waals surface area contributed by atoms with Crippen molar-refractivity contribution in [3.05, 3.63) is 29.1 Å². The van der Waals surface area contributed by atoms with Crippen LogP contribution in [0.1, 0.15) is 41.5 Å². The van der Waals surface area contributed by atoms with Gasteiger partial charge in [-0.3, -0.25) is 0 Å². The fourth-order valence-electron chi connectivity index (χ4n) is 1.14. The molecule has 1 aromatic rings. The minimum Gasteiger partial charge on any atom is -0.477 e. The van der Waals surface area contributed by atoms with Gasteiger partial charge < -0.3 is 5.11 Å². The van der Waals surface area contributed by atoms with Crippen LogP contribution in [0.3, 0.4) is 0 Å². The number of carboxylic acid groups (broad SMARTS) is 1. The highest BCUT2D eigenvalue weighted by atomic mass is 16.4. The van der Waals surface area contributed by atoms with Crippen LogP contribution in [0, 0.1) is 6.92 Å². The van der Waals surface area contributed by atoms with Crippen LogP contribution in [-0.4, -0.2) is 16.1 Å². The van der Waals surface area contributed by atoms with Gasteiger partial charge in [-0.25, -0.2) is 9.78 Å². The van der Waals surface area contributed by atoms with E-state index in [1.807, 2.05) is 19.9 Å². The van der Waals surface area contributed by atoms with Crippen molar-refractivity contribution in [2.75, 3.05) is 0 Å². The Morgan fingerprint density at radius 2 is 2.08 bits per heavy atom. The van der Waals surface area contributed by atoms with E-state index in [-0.39, 0.29) is 5.69 Å². The molecule has 0 saturated heterocycles. The Morgan fingerprint density at radius 1 is 1.46 bits per heavy atom. The SMILES string of the molecule is Cc1cc(C(C)C)cc(C(=O)O)n1. The van der Waals surface area contributed by atoms with Crippen LogP contribution < -0.4 is 0 Å². The number of rotatable bonds is 2.